The first-order chi connectivity index (χ1) is 17.8. The normalized spacial score (nSPS) is 22.4. The quantitative estimate of drug-likeness (QED) is 0.467. The molecule has 2 saturated heterocycles. The van der Waals surface area contributed by atoms with Crippen LogP contribution in [-0.2, 0) is 16.0 Å². The monoisotopic (exact) mass is 518 g/mol. The number of rotatable bonds is 10. The zero-order valence-corrected chi connectivity index (χ0v) is 21.8. The molecule has 0 radical (unpaired) electrons. The zero-order valence-electron chi connectivity index (χ0n) is 21.8. The Morgan fingerprint density at radius 3 is 2.51 bits per heavy atom. The van der Waals surface area contributed by atoms with E-state index < -0.39 is 11.6 Å². The summed E-state index contributed by atoms with van der Waals surface area (Å²) in [6.45, 7) is 7.27. The Hall–Kier alpha value is -2.75. The molecule has 2 aliphatic heterocycles. The topological polar surface area (TPSA) is 80.9 Å². The summed E-state index contributed by atoms with van der Waals surface area (Å²) >= 11 is 0. The number of hydrogen-bond donors (Lipinski definition) is 0. The van der Waals surface area contributed by atoms with E-state index in [-0.39, 0.29) is 35.7 Å². The molecule has 0 bridgehead atoms. The number of amides is 1. The Morgan fingerprint density at radius 2 is 1.89 bits per heavy atom. The average Bonchev–Trinajstić information content (AvgIpc) is 3.43. The van der Waals surface area contributed by atoms with Crippen molar-refractivity contribution in [1.82, 2.24) is 15.0 Å². The van der Waals surface area contributed by atoms with Crippen LogP contribution in [0.5, 0.6) is 5.75 Å². The van der Waals surface area contributed by atoms with Crippen LogP contribution < -0.4 is 9.64 Å². The molecule has 3 heterocycles. The lowest BCUT2D eigenvalue weighted by Crippen LogP contribution is -2.54. The molecule has 37 heavy (non-hydrogen) atoms. The van der Waals surface area contributed by atoms with E-state index in [0.29, 0.717) is 43.5 Å². The molecule has 1 aromatic heterocycles. The first-order valence-corrected chi connectivity index (χ1v) is 13.3. The highest BCUT2D eigenvalue weighted by Crippen LogP contribution is 2.50. The second-order valence-corrected chi connectivity index (χ2v) is 10.9. The summed E-state index contributed by atoms with van der Waals surface area (Å²) in [5, 5.41) is 4.06. The molecular weight excluding hydrogens is 482 g/mol. The maximum absolute atomic E-state index is 14.6. The van der Waals surface area contributed by atoms with Gasteiger partial charge in [0, 0.05) is 56.9 Å². The number of aromatic nitrogens is 2. The van der Waals surface area contributed by atoms with Gasteiger partial charge in [-0.15, -0.1) is 0 Å². The van der Waals surface area contributed by atoms with Crippen LogP contribution >= 0.6 is 0 Å². The highest BCUT2D eigenvalue weighted by molar-refractivity contribution is 5.79. The van der Waals surface area contributed by atoms with Crippen LogP contribution in [0.2, 0.25) is 0 Å². The molecule has 1 amide bonds. The first kappa shape index (κ1) is 25.9. The van der Waals surface area contributed by atoms with Gasteiger partial charge in [-0.2, -0.15) is 4.98 Å². The fourth-order valence-electron chi connectivity index (χ4n) is 5.50. The molecule has 0 spiro atoms. The highest BCUT2D eigenvalue weighted by Gasteiger charge is 2.43. The predicted molar refractivity (Wildman–Crippen MR) is 132 cm³/mol. The summed E-state index contributed by atoms with van der Waals surface area (Å²) in [6.07, 6.45) is 3.94. The Balaban J connectivity index is 1.03. The molecule has 2 aromatic rings. The van der Waals surface area contributed by atoms with E-state index in [1.807, 2.05) is 0 Å². The Labute approximate surface area is 216 Å². The fourth-order valence-corrected chi connectivity index (χ4v) is 5.50. The maximum atomic E-state index is 14.6. The number of nitrogens with zero attached hydrogens (tertiary/aromatic N) is 4. The third kappa shape index (κ3) is 5.89. The number of halogens is 2. The minimum absolute atomic E-state index is 0.00274. The van der Waals surface area contributed by atoms with Crippen molar-refractivity contribution in [1.29, 1.82) is 0 Å². The molecule has 10 heteroatoms. The minimum Gasteiger partial charge on any atom is -0.493 e. The molecule has 202 valence electrons. The number of anilines is 1. The third-order valence-corrected chi connectivity index (χ3v) is 8.07. The molecular formula is C27H36F2N4O4. The van der Waals surface area contributed by atoms with Crippen LogP contribution in [0.3, 0.4) is 0 Å². The van der Waals surface area contributed by atoms with E-state index in [4.69, 9.17) is 14.0 Å². The molecule has 3 aliphatic rings. The Morgan fingerprint density at radius 1 is 1.19 bits per heavy atom. The summed E-state index contributed by atoms with van der Waals surface area (Å²) in [4.78, 5) is 20.5. The van der Waals surface area contributed by atoms with E-state index in [1.165, 1.54) is 18.6 Å². The van der Waals surface area contributed by atoms with Crippen molar-refractivity contribution in [2.75, 3.05) is 44.8 Å². The van der Waals surface area contributed by atoms with Gasteiger partial charge in [0.05, 0.1) is 19.1 Å². The fraction of sp³-hybridized carbons (Fsp3) is 0.667. The molecule has 1 saturated carbocycles. The minimum atomic E-state index is -0.745. The van der Waals surface area contributed by atoms with Crippen LogP contribution in [0.15, 0.2) is 16.7 Å². The van der Waals surface area contributed by atoms with Crippen molar-refractivity contribution in [2.45, 2.75) is 58.0 Å². The van der Waals surface area contributed by atoms with Gasteiger partial charge in [-0.3, -0.25) is 4.79 Å². The van der Waals surface area contributed by atoms with Crippen molar-refractivity contribution in [3.8, 4) is 5.75 Å². The van der Waals surface area contributed by atoms with E-state index in [1.54, 1.807) is 12.0 Å². The van der Waals surface area contributed by atoms with Crippen molar-refractivity contribution < 1.29 is 27.6 Å². The van der Waals surface area contributed by atoms with Gasteiger partial charge < -0.3 is 23.8 Å². The lowest BCUT2D eigenvalue weighted by Gasteiger charge is -2.38. The van der Waals surface area contributed by atoms with Crippen molar-refractivity contribution in [2.24, 2.45) is 17.8 Å². The largest absolute Gasteiger partial charge is 0.493 e. The van der Waals surface area contributed by atoms with E-state index in [2.05, 4.69) is 28.9 Å². The Kier molecular flexibility index (Phi) is 7.65. The predicted octanol–water partition coefficient (Wildman–Crippen LogP) is 4.19. The standard InChI is InChI=1S/C27H36F2N4O4/c1-16(2)26-30-27(37-31-26)32-7-4-17(5-8-32)21-10-18(21)6-9-36-19-11-23(28)22(24(29)12-19)13-25(34)33-14-20(15-33)35-3/h11-12,16-18,20-21H,4-10,13-15H2,1-3H3/t18-,21?/m1/s1. The number of carbonyl (C=O) groups excluding carboxylic acids is 1. The van der Waals surface area contributed by atoms with Gasteiger partial charge in [-0.1, -0.05) is 19.0 Å². The number of ether oxygens (including phenoxy) is 2. The Bertz CT molecular complexity index is 1070. The second kappa shape index (κ2) is 10.9. The molecule has 5 rings (SSSR count). The lowest BCUT2D eigenvalue weighted by molar-refractivity contribution is -0.142. The molecule has 8 nitrogen and oxygen atoms in total. The molecule has 0 N–H and O–H groups in total. The van der Waals surface area contributed by atoms with Crippen molar-refractivity contribution in [3.05, 3.63) is 35.2 Å². The number of benzene rings is 1. The highest BCUT2D eigenvalue weighted by atomic mass is 19.1. The summed E-state index contributed by atoms with van der Waals surface area (Å²) in [5.74, 6) is 1.31. The van der Waals surface area contributed by atoms with E-state index in [0.717, 1.165) is 38.2 Å². The van der Waals surface area contributed by atoms with Crippen molar-refractivity contribution >= 4 is 11.9 Å². The van der Waals surface area contributed by atoms with Crippen LogP contribution in [-0.4, -0.2) is 66.9 Å². The number of piperidine rings is 1. The number of likely N-dealkylation sites (tertiary alicyclic amines) is 1. The van der Waals surface area contributed by atoms with Crippen LogP contribution in [0, 0.1) is 29.4 Å². The average molecular weight is 519 g/mol. The van der Waals surface area contributed by atoms with Gasteiger partial charge in [-0.05, 0) is 43.4 Å². The molecule has 2 atom stereocenters. The summed E-state index contributed by atoms with van der Waals surface area (Å²) < 4.78 is 45.4. The number of carbonyl (C=O) groups is 1. The number of methoxy groups -OCH3 is 1. The van der Waals surface area contributed by atoms with Gasteiger partial charge in [0.25, 0.3) is 0 Å². The molecule has 1 unspecified atom stereocenters. The van der Waals surface area contributed by atoms with Gasteiger partial charge in [-0.25, -0.2) is 8.78 Å². The molecule has 1 aliphatic carbocycles. The van der Waals surface area contributed by atoms with E-state index >= 15 is 0 Å². The zero-order chi connectivity index (χ0) is 26.1. The number of hydrogen-bond acceptors (Lipinski definition) is 7. The molecule has 3 fully saturated rings. The lowest BCUT2D eigenvalue weighted by atomic mass is 9.90. The third-order valence-electron chi connectivity index (χ3n) is 8.07. The van der Waals surface area contributed by atoms with Crippen molar-refractivity contribution in [3.63, 3.8) is 0 Å². The van der Waals surface area contributed by atoms with Crippen LogP contribution in [0.4, 0.5) is 14.8 Å². The molecule has 1 aromatic carbocycles. The van der Waals surface area contributed by atoms with Gasteiger partial charge in [0.15, 0.2) is 5.82 Å². The maximum Gasteiger partial charge on any atom is 0.324 e. The van der Waals surface area contributed by atoms with Crippen LogP contribution in [0.25, 0.3) is 0 Å². The van der Waals surface area contributed by atoms with Gasteiger partial charge >= 0.3 is 6.01 Å². The smallest absolute Gasteiger partial charge is 0.324 e. The van der Waals surface area contributed by atoms with Gasteiger partial charge in [0.2, 0.25) is 5.91 Å². The summed E-state index contributed by atoms with van der Waals surface area (Å²) in [6, 6.07) is 2.99. The first-order valence-electron chi connectivity index (χ1n) is 13.3. The SMILES string of the molecule is COC1CN(C(=O)Cc2c(F)cc(OCC[C@@H]3CC3C3CCN(c4nc(C(C)C)no4)CC3)cc2F)C1. The van der Waals surface area contributed by atoms with Crippen LogP contribution in [0.1, 0.15) is 56.8 Å². The summed E-state index contributed by atoms with van der Waals surface area (Å²) in [7, 11) is 1.58. The van der Waals surface area contributed by atoms with E-state index in [9.17, 15) is 13.6 Å². The summed E-state index contributed by atoms with van der Waals surface area (Å²) in [5.41, 5.74) is -0.215. The second-order valence-electron chi connectivity index (χ2n) is 10.9. The van der Waals surface area contributed by atoms with Gasteiger partial charge in [0.1, 0.15) is 17.4 Å².